The highest BCUT2D eigenvalue weighted by Gasteiger charge is 2.23. The molecule has 0 spiro atoms. The van der Waals surface area contributed by atoms with Gasteiger partial charge in [0.25, 0.3) is 0 Å². The van der Waals surface area contributed by atoms with Gasteiger partial charge in [-0.3, -0.25) is 0 Å². The number of aromatic nitrogens is 3. The molecule has 0 saturated carbocycles. The van der Waals surface area contributed by atoms with Gasteiger partial charge in [-0.15, -0.1) is 0 Å². The number of hydrogen-bond donors (Lipinski definition) is 2. The number of fused-ring (bicyclic) bond motifs is 1. The quantitative estimate of drug-likeness (QED) is 0.592. The number of carboxylic acid groups (broad SMARTS) is 1. The van der Waals surface area contributed by atoms with Crippen LogP contribution in [0.15, 0.2) is 66.7 Å². The molecular formula is C20H15N3O3. The Hall–Kier alpha value is -3.67. The lowest BCUT2D eigenvalue weighted by Gasteiger charge is -2.04. The SMILES string of the molecule is O=C(O)c1c(Cc2ccccc2)nn2c(O)cc(-c3ccccc3)nc12. The first kappa shape index (κ1) is 15.8. The first-order valence-electron chi connectivity index (χ1n) is 8.08. The third kappa shape index (κ3) is 2.77. The van der Waals surface area contributed by atoms with Crippen molar-refractivity contribution in [2.75, 3.05) is 0 Å². The number of carboxylic acids is 1. The molecular weight excluding hydrogens is 330 g/mol. The van der Waals surface area contributed by atoms with E-state index in [0.29, 0.717) is 17.8 Å². The third-order valence-electron chi connectivity index (χ3n) is 4.14. The van der Waals surface area contributed by atoms with Crippen molar-refractivity contribution in [2.45, 2.75) is 6.42 Å². The molecule has 2 aromatic carbocycles. The predicted octanol–water partition coefficient (Wildman–Crippen LogP) is 3.39. The number of carbonyl (C=O) groups is 1. The van der Waals surface area contributed by atoms with E-state index in [0.717, 1.165) is 11.1 Å². The zero-order valence-electron chi connectivity index (χ0n) is 13.7. The predicted molar refractivity (Wildman–Crippen MR) is 96.3 cm³/mol. The second-order valence-corrected chi connectivity index (χ2v) is 5.89. The topological polar surface area (TPSA) is 87.7 Å². The number of benzene rings is 2. The van der Waals surface area contributed by atoms with Crippen LogP contribution in [0.2, 0.25) is 0 Å². The highest BCUT2D eigenvalue weighted by atomic mass is 16.4. The second-order valence-electron chi connectivity index (χ2n) is 5.89. The van der Waals surface area contributed by atoms with E-state index in [1.807, 2.05) is 60.7 Å². The number of nitrogens with zero attached hydrogens (tertiary/aromatic N) is 3. The van der Waals surface area contributed by atoms with Gasteiger partial charge in [0.2, 0.25) is 5.88 Å². The summed E-state index contributed by atoms with van der Waals surface area (Å²) in [4.78, 5) is 16.3. The minimum Gasteiger partial charge on any atom is -0.493 e. The van der Waals surface area contributed by atoms with Crippen LogP contribution in [-0.2, 0) is 6.42 Å². The van der Waals surface area contributed by atoms with Gasteiger partial charge in [0.1, 0.15) is 5.56 Å². The summed E-state index contributed by atoms with van der Waals surface area (Å²) in [5.41, 5.74) is 2.69. The van der Waals surface area contributed by atoms with Gasteiger partial charge >= 0.3 is 5.97 Å². The van der Waals surface area contributed by atoms with Crippen LogP contribution in [0.4, 0.5) is 0 Å². The Bertz CT molecular complexity index is 1090. The van der Waals surface area contributed by atoms with E-state index in [9.17, 15) is 15.0 Å². The lowest BCUT2D eigenvalue weighted by atomic mass is 10.1. The van der Waals surface area contributed by atoms with Gasteiger partial charge < -0.3 is 10.2 Å². The zero-order valence-corrected chi connectivity index (χ0v) is 13.7. The van der Waals surface area contributed by atoms with Crippen molar-refractivity contribution < 1.29 is 15.0 Å². The minimum atomic E-state index is -1.12. The molecule has 0 saturated heterocycles. The van der Waals surface area contributed by atoms with E-state index in [-0.39, 0.29) is 17.1 Å². The molecule has 4 rings (SSSR count). The fourth-order valence-electron chi connectivity index (χ4n) is 2.93. The van der Waals surface area contributed by atoms with E-state index >= 15 is 0 Å². The second kappa shape index (κ2) is 6.33. The summed E-state index contributed by atoms with van der Waals surface area (Å²) in [6.45, 7) is 0. The molecule has 6 heteroatoms. The van der Waals surface area contributed by atoms with Crippen LogP contribution in [0.3, 0.4) is 0 Å². The fraction of sp³-hybridized carbons (Fsp3) is 0.0500. The van der Waals surface area contributed by atoms with Gasteiger partial charge in [-0.25, -0.2) is 9.78 Å². The van der Waals surface area contributed by atoms with Crippen LogP contribution in [0.5, 0.6) is 5.88 Å². The Kier molecular flexibility index (Phi) is 3.85. The Morgan fingerprint density at radius 3 is 2.31 bits per heavy atom. The Morgan fingerprint density at radius 2 is 1.65 bits per heavy atom. The average molecular weight is 345 g/mol. The van der Waals surface area contributed by atoms with Crippen LogP contribution in [0, 0.1) is 0 Å². The minimum absolute atomic E-state index is 0.00179. The van der Waals surface area contributed by atoms with E-state index < -0.39 is 5.97 Å². The van der Waals surface area contributed by atoms with Crippen molar-refractivity contribution in [1.29, 1.82) is 0 Å². The first-order valence-corrected chi connectivity index (χ1v) is 8.08. The van der Waals surface area contributed by atoms with Gasteiger partial charge in [0.05, 0.1) is 11.4 Å². The fourth-order valence-corrected chi connectivity index (χ4v) is 2.93. The van der Waals surface area contributed by atoms with Crippen LogP contribution in [0.25, 0.3) is 16.9 Å². The van der Waals surface area contributed by atoms with E-state index in [4.69, 9.17) is 0 Å². The number of aromatic hydroxyl groups is 1. The van der Waals surface area contributed by atoms with Crippen LogP contribution in [-0.4, -0.2) is 30.8 Å². The number of hydrogen-bond acceptors (Lipinski definition) is 4. The van der Waals surface area contributed by atoms with Crippen LogP contribution in [0.1, 0.15) is 21.6 Å². The first-order chi connectivity index (χ1) is 12.6. The number of rotatable bonds is 4. The molecule has 128 valence electrons. The average Bonchev–Trinajstić information content (AvgIpc) is 3.02. The highest BCUT2D eigenvalue weighted by molar-refractivity contribution is 5.96. The summed E-state index contributed by atoms with van der Waals surface area (Å²) in [6, 6.07) is 20.2. The van der Waals surface area contributed by atoms with Crippen molar-refractivity contribution in [3.63, 3.8) is 0 Å². The van der Waals surface area contributed by atoms with E-state index in [1.54, 1.807) is 0 Å². The molecule has 0 unspecified atom stereocenters. The monoisotopic (exact) mass is 345 g/mol. The molecule has 0 aliphatic heterocycles. The maximum Gasteiger partial charge on any atom is 0.341 e. The van der Waals surface area contributed by atoms with Crippen molar-refractivity contribution in [1.82, 2.24) is 14.6 Å². The maximum atomic E-state index is 11.9. The molecule has 0 radical (unpaired) electrons. The molecule has 2 heterocycles. The van der Waals surface area contributed by atoms with Crippen molar-refractivity contribution in [3.05, 3.63) is 83.6 Å². The van der Waals surface area contributed by atoms with E-state index in [2.05, 4.69) is 10.1 Å². The maximum absolute atomic E-state index is 11.9. The molecule has 6 nitrogen and oxygen atoms in total. The molecule has 4 aromatic rings. The number of aromatic carboxylic acids is 1. The smallest absolute Gasteiger partial charge is 0.341 e. The summed E-state index contributed by atoms with van der Waals surface area (Å²) in [7, 11) is 0. The Balaban J connectivity index is 1.90. The highest BCUT2D eigenvalue weighted by Crippen LogP contribution is 2.26. The van der Waals surface area contributed by atoms with E-state index in [1.165, 1.54) is 10.6 Å². The largest absolute Gasteiger partial charge is 0.493 e. The Labute approximate surface area is 149 Å². The van der Waals surface area contributed by atoms with Gasteiger partial charge in [0, 0.05) is 18.1 Å². The van der Waals surface area contributed by atoms with Gasteiger partial charge in [-0.05, 0) is 5.56 Å². The molecule has 26 heavy (non-hydrogen) atoms. The third-order valence-corrected chi connectivity index (χ3v) is 4.14. The van der Waals surface area contributed by atoms with Crippen molar-refractivity contribution >= 4 is 11.6 Å². The van der Waals surface area contributed by atoms with Crippen molar-refractivity contribution in [3.8, 4) is 17.1 Å². The lowest BCUT2D eigenvalue weighted by molar-refractivity contribution is 0.0698. The molecule has 0 bridgehead atoms. The normalized spacial score (nSPS) is 10.9. The molecule has 0 amide bonds. The van der Waals surface area contributed by atoms with Gasteiger partial charge in [-0.1, -0.05) is 60.7 Å². The zero-order chi connectivity index (χ0) is 18.1. The summed E-state index contributed by atoms with van der Waals surface area (Å²) in [6.07, 6.45) is 0.339. The lowest BCUT2D eigenvalue weighted by Crippen LogP contribution is -2.02. The summed E-state index contributed by atoms with van der Waals surface area (Å²) < 4.78 is 1.17. The molecule has 0 fully saturated rings. The van der Waals surface area contributed by atoms with Gasteiger partial charge in [-0.2, -0.15) is 9.61 Å². The molecule has 2 N–H and O–H groups in total. The molecule has 0 aliphatic rings. The van der Waals surface area contributed by atoms with Crippen LogP contribution < -0.4 is 0 Å². The molecule has 0 aliphatic carbocycles. The standard InChI is InChI=1S/C20H15N3O3/c24-17-12-15(14-9-5-2-6-10-14)21-19-18(20(25)26)16(22-23(17)19)11-13-7-3-1-4-8-13/h1-10,12,24H,11H2,(H,25,26). The Morgan fingerprint density at radius 1 is 1.00 bits per heavy atom. The summed E-state index contributed by atoms with van der Waals surface area (Å²) in [5, 5.41) is 24.4. The van der Waals surface area contributed by atoms with Crippen LogP contribution >= 0.6 is 0 Å². The summed E-state index contributed by atoms with van der Waals surface area (Å²) in [5.74, 6) is -1.28. The van der Waals surface area contributed by atoms with Gasteiger partial charge in [0.15, 0.2) is 5.65 Å². The summed E-state index contributed by atoms with van der Waals surface area (Å²) >= 11 is 0. The molecule has 2 aromatic heterocycles. The molecule has 0 atom stereocenters. The van der Waals surface area contributed by atoms with Crippen molar-refractivity contribution in [2.24, 2.45) is 0 Å².